The number of aromatic nitrogens is 2. The molecule has 1 heterocycles. The molecule has 0 saturated heterocycles. The molecule has 1 aromatic heterocycles. The Bertz CT molecular complexity index is 843. The second-order valence-corrected chi connectivity index (χ2v) is 6.86. The van der Waals surface area contributed by atoms with Gasteiger partial charge in [-0.2, -0.15) is 5.10 Å². The Morgan fingerprint density at radius 3 is 2.44 bits per heavy atom. The van der Waals surface area contributed by atoms with Crippen molar-refractivity contribution in [3.05, 3.63) is 57.0 Å². The van der Waals surface area contributed by atoms with Gasteiger partial charge < -0.3 is 4.74 Å². The van der Waals surface area contributed by atoms with Crippen molar-refractivity contribution in [3.8, 4) is 17.6 Å². The minimum Gasteiger partial charge on any atom is -0.485 e. The fourth-order valence-corrected chi connectivity index (χ4v) is 2.31. The van der Waals surface area contributed by atoms with Crippen LogP contribution >= 0.6 is 11.6 Å². The number of benzene rings is 1. The maximum atomic E-state index is 12.3. The van der Waals surface area contributed by atoms with Crippen molar-refractivity contribution < 1.29 is 9.13 Å². The number of halogens is 2. The van der Waals surface area contributed by atoms with E-state index in [-0.39, 0.29) is 22.9 Å². The minimum atomic E-state index is -0.630. The molecule has 0 bridgehead atoms. The van der Waals surface area contributed by atoms with Gasteiger partial charge in [-0.15, -0.1) is 0 Å². The predicted octanol–water partition coefficient (Wildman–Crippen LogP) is 3.75. The number of hydrogen-bond donors (Lipinski definition) is 0. The molecule has 0 radical (unpaired) electrons. The van der Waals surface area contributed by atoms with Crippen LogP contribution in [0.2, 0.25) is 5.02 Å². The van der Waals surface area contributed by atoms with Crippen molar-refractivity contribution in [1.29, 1.82) is 0 Å². The molecular formula is C19H20ClFN2O2. The summed E-state index contributed by atoms with van der Waals surface area (Å²) in [7, 11) is 0. The van der Waals surface area contributed by atoms with Crippen molar-refractivity contribution in [2.45, 2.75) is 39.3 Å². The van der Waals surface area contributed by atoms with E-state index in [4.69, 9.17) is 16.3 Å². The van der Waals surface area contributed by atoms with Crippen LogP contribution in [0.15, 0.2) is 35.3 Å². The van der Waals surface area contributed by atoms with Crippen LogP contribution in [-0.4, -0.2) is 16.5 Å². The van der Waals surface area contributed by atoms with Gasteiger partial charge in [0.2, 0.25) is 0 Å². The molecule has 0 saturated carbocycles. The van der Waals surface area contributed by atoms with Gasteiger partial charge in [0.15, 0.2) is 10.8 Å². The molecule has 0 spiro atoms. The fourth-order valence-electron chi connectivity index (χ4n) is 2.12. The van der Waals surface area contributed by atoms with Crippen molar-refractivity contribution >= 4 is 11.6 Å². The standard InChI is InChI=1S/C19H20ClFN2O2/c1-19(2,3)23-18(24)17(20)16(12-22-23)25-13-15-9-7-14(8-10-15)6-4-5-11-21/h7-10,12H,6,11,13H2,1-3H3. The van der Waals surface area contributed by atoms with Crippen LogP contribution < -0.4 is 10.3 Å². The lowest BCUT2D eigenvalue weighted by Crippen LogP contribution is -2.36. The smallest absolute Gasteiger partial charge is 0.289 e. The first kappa shape index (κ1) is 19.0. The molecule has 0 atom stereocenters. The van der Waals surface area contributed by atoms with Gasteiger partial charge in [-0.05, 0) is 31.9 Å². The summed E-state index contributed by atoms with van der Waals surface area (Å²) in [5.74, 6) is 5.39. The Balaban J connectivity index is 2.06. The van der Waals surface area contributed by atoms with Crippen LogP contribution in [0.3, 0.4) is 0 Å². The van der Waals surface area contributed by atoms with Crippen LogP contribution in [0.25, 0.3) is 0 Å². The van der Waals surface area contributed by atoms with Crippen LogP contribution in [0.4, 0.5) is 4.39 Å². The zero-order valence-corrected chi connectivity index (χ0v) is 15.2. The van der Waals surface area contributed by atoms with Crippen molar-refractivity contribution in [3.63, 3.8) is 0 Å². The zero-order valence-electron chi connectivity index (χ0n) is 14.5. The van der Waals surface area contributed by atoms with E-state index in [1.54, 1.807) is 0 Å². The summed E-state index contributed by atoms with van der Waals surface area (Å²) in [4.78, 5) is 12.3. The van der Waals surface area contributed by atoms with Gasteiger partial charge in [-0.1, -0.05) is 47.7 Å². The van der Waals surface area contributed by atoms with Crippen molar-refractivity contribution in [1.82, 2.24) is 9.78 Å². The molecule has 6 heteroatoms. The Morgan fingerprint density at radius 2 is 1.84 bits per heavy atom. The lowest BCUT2D eigenvalue weighted by molar-refractivity contribution is 0.292. The summed E-state index contributed by atoms with van der Waals surface area (Å²) in [6, 6.07) is 7.60. The molecular weight excluding hydrogens is 343 g/mol. The van der Waals surface area contributed by atoms with Crippen LogP contribution in [0, 0.1) is 11.8 Å². The summed E-state index contributed by atoms with van der Waals surface area (Å²) in [5, 5.41) is 4.14. The van der Waals surface area contributed by atoms with Crippen molar-refractivity contribution in [2.75, 3.05) is 6.67 Å². The topological polar surface area (TPSA) is 44.1 Å². The van der Waals surface area contributed by atoms with Gasteiger partial charge in [0.25, 0.3) is 5.56 Å². The maximum absolute atomic E-state index is 12.3. The Kier molecular flexibility index (Phi) is 6.22. The largest absolute Gasteiger partial charge is 0.485 e. The molecule has 132 valence electrons. The predicted molar refractivity (Wildman–Crippen MR) is 96.7 cm³/mol. The molecule has 0 N–H and O–H groups in total. The molecule has 0 aliphatic carbocycles. The van der Waals surface area contributed by atoms with E-state index < -0.39 is 12.2 Å². The number of hydrogen-bond acceptors (Lipinski definition) is 3. The highest BCUT2D eigenvalue weighted by atomic mass is 35.5. The molecule has 0 amide bonds. The first-order chi connectivity index (χ1) is 11.8. The monoisotopic (exact) mass is 362 g/mol. The van der Waals surface area contributed by atoms with Gasteiger partial charge in [0.1, 0.15) is 13.3 Å². The Hall–Kier alpha value is -2.32. The first-order valence-electron chi connectivity index (χ1n) is 7.83. The number of ether oxygens (including phenoxy) is 1. The summed E-state index contributed by atoms with van der Waals surface area (Å²) in [6.45, 7) is 5.25. The van der Waals surface area contributed by atoms with Crippen LogP contribution in [-0.2, 0) is 18.6 Å². The van der Waals surface area contributed by atoms with E-state index >= 15 is 0 Å². The van der Waals surface area contributed by atoms with Gasteiger partial charge >= 0.3 is 0 Å². The average molecular weight is 363 g/mol. The fraction of sp³-hybridized carbons (Fsp3) is 0.368. The highest BCUT2D eigenvalue weighted by Gasteiger charge is 2.19. The molecule has 0 aliphatic rings. The third-order valence-electron chi connectivity index (χ3n) is 3.42. The lowest BCUT2D eigenvalue weighted by Gasteiger charge is -2.21. The van der Waals surface area contributed by atoms with E-state index in [0.29, 0.717) is 6.42 Å². The second-order valence-electron chi connectivity index (χ2n) is 6.48. The zero-order chi connectivity index (χ0) is 18.4. The Morgan fingerprint density at radius 1 is 1.20 bits per heavy atom. The SMILES string of the molecule is CC(C)(C)n1ncc(OCc2ccc(CC#CCF)cc2)c(Cl)c1=O. The summed E-state index contributed by atoms with van der Waals surface area (Å²) >= 11 is 6.12. The van der Waals surface area contributed by atoms with E-state index in [0.717, 1.165) is 11.1 Å². The molecule has 0 unspecified atom stereocenters. The van der Waals surface area contributed by atoms with E-state index in [1.165, 1.54) is 10.9 Å². The summed E-state index contributed by atoms with van der Waals surface area (Å²) < 4.78 is 18.9. The van der Waals surface area contributed by atoms with Crippen LogP contribution in [0.5, 0.6) is 5.75 Å². The average Bonchev–Trinajstić information content (AvgIpc) is 2.56. The first-order valence-corrected chi connectivity index (χ1v) is 8.21. The second kappa shape index (κ2) is 8.17. The highest BCUT2D eigenvalue weighted by molar-refractivity contribution is 6.31. The minimum absolute atomic E-state index is 0.0167. The maximum Gasteiger partial charge on any atom is 0.289 e. The molecule has 2 rings (SSSR count). The molecule has 2 aromatic rings. The van der Waals surface area contributed by atoms with E-state index in [1.807, 2.05) is 45.0 Å². The van der Waals surface area contributed by atoms with Crippen molar-refractivity contribution in [2.24, 2.45) is 0 Å². The van der Waals surface area contributed by atoms with Gasteiger partial charge in [0, 0.05) is 6.42 Å². The van der Waals surface area contributed by atoms with Crippen LogP contribution in [0.1, 0.15) is 31.9 Å². The lowest BCUT2D eigenvalue weighted by atomic mass is 10.1. The van der Waals surface area contributed by atoms with Gasteiger partial charge in [-0.3, -0.25) is 4.79 Å². The molecule has 0 aliphatic heterocycles. The quantitative estimate of drug-likeness (QED) is 0.778. The summed E-state index contributed by atoms with van der Waals surface area (Å²) in [6.07, 6.45) is 1.96. The molecule has 0 fully saturated rings. The third kappa shape index (κ3) is 5.07. The molecule has 4 nitrogen and oxygen atoms in total. The third-order valence-corrected chi connectivity index (χ3v) is 3.77. The normalized spacial score (nSPS) is 10.9. The Labute approximate surface area is 151 Å². The summed E-state index contributed by atoms with van der Waals surface area (Å²) in [5.41, 5.74) is 1.07. The highest BCUT2D eigenvalue weighted by Crippen LogP contribution is 2.21. The van der Waals surface area contributed by atoms with E-state index in [2.05, 4.69) is 16.9 Å². The van der Waals surface area contributed by atoms with Gasteiger partial charge in [-0.25, -0.2) is 9.07 Å². The molecule has 25 heavy (non-hydrogen) atoms. The number of rotatable bonds is 4. The number of nitrogens with zero attached hydrogens (tertiary/aromatic N) is 2. The number of alkyl halides is 1. The van der Waals surface area contributed by atoms with Gasteiger partial charge in [0.05, 0.1) is 11.7 Å². The van der Waals surface area contributed by atoms with E-state index in [9.17, 15) is 9.18 Å². The molecule has 1 aromatic carbocycles.